The van der Waals surface area contributed by atoms with E-state index in [2.05, 4.69) is 15.0 Å². The van der Waals surface area contributed by atoms with Crippen LogP contribution in [-0.4, -0.2) is 32.8 Å². The minimum absolute atomic E-state index is 0.00182. The van der Waals surface area contributed by atoms with Crippen LogP contribution in [0.4, 0.5) is 13.2 Å². The third-order valence-corrected chi connectivity index (χ3v) is 3.71. The van der Waals surface area contributed by atoms with Crippen molar-refractivity contribution in [1.82, 2.24) is 19.5 Å². The van der Waals surface area contributed by atoms with Crippen LogP contribution in [0.1, 0.15) is 18.7 Å². The van der Waals surface area contributed by atoms with Gasteiger partial charge >= 0.3 is 6.18 Å². The lowest BCUT2D eigenvalue weighted by atomic mass is 10.2. The molecule has 5 nitrogen and oxygen atoms in total. The molecule has 0 spiro atoms. The van der Waals surface area contributed by atoms with E-state index in [0.29, 0.717) is 0 Å². The van der Waals surface area contributed by atoms with Crippen LogP contribution in [0.5, 0.6) is 5.88 Å². The van der Waals surface area contributed by atoms with E-state index in [9.17, 15) is 13.2 Å². The molecular formula is C11H10ClF3N4O. The Bertz CT molecular complexity index is 665. The van der Waals surface area contributed by atoms with Gasteiger partial charge in [-0.3, -0.25) is 4.57 Å². The van der Waals surface area contributed by atoms with Crippen molar-refractivity contribution in [2.24, 2.45) is 0 Å². The minimum atomic E-state index is -4.38. The summed E-state index contributed by atoms with van der Waals surface area (Å²) in [5.74, 6) is 0.116. The van der Waals surface area contributed by atoms with Gasteiger partial charge in [-0.2, -0.15) is 18.2 Å². The van der Waals surface area contributed by atoms with Crippen molar-refractivity contribution in [3.05, 3.63) is 12.2 Å². The summed E-state index contributed by atoms with van der Waals surface area (Å²) >= 11 is 5.74. The third kappa shape index (κ3) is 1.67. The van der Waals surface area contributed by atoms with Gasteiger partial charge in [-0.25, -0.2) is 9.97 Å². The van der Waals surface area contributed by atoms with Crippen LogP contribution < -0.4 is 4.74 Å². The van der Waals surface area contributed by atoms with E-state index in [1.165, 1.54) is 7.11 Å². The largest absolute Gasteiger partial charge is 0.479 e. The first kappa shape index (κ1) is 13.4. The lowest BCUT2D eigenvalue weighted by Crippen LogP contribution is -2.36. The number of hydrogen-bond acceptors (Lipinski definition) is 4. The molecule has 0 bridgehead atoms. The number of aromatic nitrogens is 4. The van der Waals surface area contributed by atoms with Crippen molar-refractivity contribution >= 4 is 22.8 Å². The highest BCUT2D eigenvalue weighted by Crippen LogP contribution is 2.57. The van der Waals surface area contributed by atoms with E-state index in [1.807, 2.05) is 0 Å². The Balaban J connectivity index is 2.30. The normalized spacial score (nSPS) is 17.4. The number of methoxy groups -OCH3 is 1. The summed E-state index contributed by atoms with van der Waals surface area (Å²) < 4.78 is 46.0. The number of nitrogens with zero attached hydrogens (tertiary/aromatic N) is 4. The predicted molar refractivity (Wildman–Crippen MR) is 64.7 cm³/mol. The van der Waals surface area contributed by atoms with E-state index >= 15 is 0 Å². The fraction of sp³-hybridized carbons (Fsp3) is 0.545. The van der Waals surface area contributed by atoms with Gasteiger partial charge < -0.3 is 4.74 Å². The Morgan fingerprint density at radius 2 is 2.10 bits per heavy atom. The molecule has 2 heterocycles. The summed E-state index contributed by atoms with van der Waals surface area (Å²) in [4.78, 5) is 11.9. The average molecular weight is 307 g/mol. The average Bonchev–Trinajstić information content (AvgIpc) is 3.13. The molecule has 1 saturated carbocycles. The van der Waals surface area contributed by atoms with Gasteiger partial charge in [-0.15, -0.1) is 11.6 Å². The summed E-state index contributed by atoms with van der Waals surface area (Å²) in [5.41, 5.74) is -1.66. The maximum atomic E-state index is 13.3. The minimum Gasteiger partial charge on any atom is -0.479 e. The standard InChI is InChI=1S/C11H10ClF3N4O/c1-20-9-7-8(16-5-17-9)19(6(4-12)18-7)10(2-3-10)11(13,14)15/h5H,2-4H2,1H3. The third-order valence-electron chi connectivity index (χ3n) is 3.47. The Morgan fingerprint density at radius 3 is 2.60 bits per heavy atom. The summed E-state index contributed by atoms with van der Waals surface area (Å²) in [5, 5.41) is 0. The van der Waals surface area contributed by atoms with Crippen LogP contribution in [0.2, 0.25) is 0 Å². The van der Waals surface area contributed by atoms with Crippen LogP contribution in [0, 0.1) is 0 Å². The van der Waals surface area contributed by atoms with Crippen molar-refractivity contribution in [3.63, 3.8) is 0 Å². The molecular weight excluding hydrogens is 297 g/mol. The van der Waals surface area contributed by atoms with Gasteiger partial charge in [0.15, 0.2) is 11.2 Å². The molecule has 0 aromatic carbocycles. The van der Waals surface area contributed by atoms with Gasteiger partial charge in [0.25, 0.3) is 0 Å². The molecule has 0 amide bonds. The first-order chi connectivity index (χ1) is 9.44. The van der Waals surface area contributed by atoms with E-state index in [4.69, 9.17) is 16.3 Å². The highest BCUT2D eigenvalue weighted by molar-refractivity contribution is 6.16. The highest BCUT2D eigenvalue weighted by Gasteiger charge is 2.66. The number of imidazole rings is 1. The van der Waals surface area contributed by atoms with E-state index in [-0.39, 0.29) is 41.6 Å². The van der Waals surface area contributed by atoms with Crippen LogP contribution in [0.3, 0.4) is 0 Å². The number of halogens is 4. The lowest BCUT2D eigenvalue weighted by molar-refractivity contribution is -0.179. The molecule has 1 aliphatic rings. The van der Waals surface area contributed by atoms with E-state index < -0.39 is 11.7 Å². The predicted octanol–water partition coefficient (Wildman–Crippen LogP) is 2.63. The van der Waals surface area contributed by atoms with Crippen molar-refractivity contribution in [2.75, 3.05) is 7.11 Å². The zero-order valence-electron chi connectivity index (χ0n) is 10.4. The quantitative estimate of drug-likeness (QED) is 0.818. The maximum absolute atomic E-state index is 13.3. The number of ether oxygens (including phenoxy) is 1. The molecule has 9 heteroatoms. The number of fused-ring (bicyclic) bond motifs is 1. The molecule has 0 saturated heterocycles. The highest BCUT2D eigenvalue weighted by atomic mass is 35.5. The maximum Gasteiger partial charge on any atom is 0.412 e. The molecule has 0 atom stereocenters. The monoisotopic (exact) mass is 306 g/mol. The van der Waals surface area contributed by atoms with Crippen molar-refractivity contribution < 1.29 is 17.9 Å². The van der Waals surface area contributed by atoms with Gasteiger partial charge in [0.2, 0.25) is 5.88 Å². The Labute approximate surface area is 116 Å². The van der Waals surface area contributed by atoms with Crippen molar-refractivity contribution in [3.8, 4) is 5.88 Å². The fourth-order valence-corrected chi connectivity index (χ4v) is 2.54. The second-order valence-electron chi connectivity index (χ2n) is 4.58. The Hall–Kier alpha value is -1.57. The van der Waals surface area contributed by atoms with E-state index in [0.717, 1.165) is 10.9 Å². The molecule has 108 valence electrons. The fourth-order valence-electron chi connectivity index (χ4n) is 2.36. The summed E-state index contributed by atoms with van der Waals surface area (Å²) in [7, 11) is 1.37. The molecule has 1 fully saturated rings. The summed E-state index contributed by atoms with van der Waals surface area (Å²) in [6.45, 7) is 0. The van der Waals surface area contributed by atoms with Crippen LogP contribution in [0.25, 0.3) is 11.2 Å². The number of rotatable bonds is 3. The Morgan fingerprint density at radius 1 is 1.40 bits per heavy atom. The molecule has 0 unspecified atom stereocenters. The zero-order chi connectivity index (χ0) is 14.5. The lowest BCUT2D eigenvalue weighted by Gasteiger charge is -2.22. The molecule has 2 aromatic heterocycles. The van der Waals surface area contributed by atoms with Crippen molar-refractivity contribution in [2.45, 2.75) is 30.4 Å². The first-order valence-electron chi connectivity index (χ1n) is 5.84. The molecule has 3 rings (SSSR count). The number of hydrogen-bond donors (Lipinski definition) is 0. The topological polar surface area (TPSA) is 52.8 Å². The molecule has 2 aromatic rings. The van der Waals surface area contributed by atoms with Crippen LogP contribution >= 0.6 is 11.6 Å². The first-order valence-corrected chi connectivity index (χ1v) is 6.37. The molecule has 0 radical (unpaired) electrons. The molecule has 0 N–H and O–H groups in total. The molecule has 1 aliphatic carbocycles. The van der Waals surface area contributed by atoms with Crippen LogP contribution in [0.15, 0.2) is 6.33 Å². The summed E-state index contributed by atoms with van der Waals surface area (Å²) in [6.07, 6.45) is -3.22. The van der Waals surface area contributed by atoms with Gasteiger partial charge in [-0.05, 0) is 12.8 Å². The van der Waals surface area contributed by atoms with E-state index in [1.54, 1.807) is 0 Å². The summed E-state index contributed by atoms with van der Waals surface area (Å²) in [6, 6.07) is 0. The second-order valence-corrected chi connectivity index (χ2v) is 4.85. The van der Waals surface area contributed by atoms with Gasteiger partial charge in [-0.1, -0.05) is 0 Å². The van der Waals surface area contributed by atoms with Crippen LogP contribution in [-0.2, 0) is 11.4 Å². The Kier molecular flexibility index (Phi) is 2.82. The smallest absolute Gasteiger partial charge is 0.412 e. The zero-order valence-corrected chi connectivity index (χ0v) is 11.2. The van der Waals surface area contributed by atoms with Gasteiger partial charge in [0.1, 0.15) is 17.7 Å². The molecule has 20 heavy (non-hydrogen) atoms. The second kappa shape index (κ2) is 4.21. The van der Waals surface area contributed by atoms with Gasteiger partial charge in [0.05, 0.1) is 13.0 Å². The number of alkyl halides is 4. The van der Waals surface area contributed by atoms with Crippen molar-refractivity contribution in [1.29, 1.82) is 0 Å². The SMILES string of the molecule is COc1ncnc2c1nc(CCl)n2C1(C(F)(F)F)CC1. The molecule has 0 aliphatic heterocycles. The van der Waals surface area contributed by atoms with Gasteiger partial charge in [0, 0.05) is 0 Å².